The largest absolute Gasteiger partial charge is 0.459 e. The molecule has 4 heteroatoms. The lowest BCUT2D eigenvalue weighted by atomic mass is 9.87. The second-order valence-corrected chi connectivity index (χ2v) is 8.72. The first-order valence-electron chi connectivity index (χ1n) is 10.9. The van der Waals surface area contributed by atoms with Crippen molar-refractivity contribution in [3.63, 3.8) is 0 Å². The fourth-order valence-electron chi connectivity index (χ4n) is 5.01. The van der Waals surface area contributed by atoms with E-state index in [1.165, 1.54) is 22.3 Å². The normalized spacial score (nSPS) is 21.6. The highest BCUT2D eigenvalue weighted by Gasteiger charge is 2.38. The number of rotatable bonds is 4. The number of carbonyl (C=O) groups excluding carboxylic acids is 1. The van der Waals surface area contributed by atoms with Gasteiger partial charge in [-0.05, 0) is 48.1 Å². The van der Waals surface area contributed by atoms with Crippen LogP contribution in [0.4, 0.5) is 0 Å². The Labute approximate surface area is 178 Å². The average Bonchev–Trinajstić information content (AvgIpc) is 3.44. The number of hydrogen-bond donors (Lipinski definition) is 0. The third kappa shape index (κ3) is 3.80. The molecule has 154 valence electrons. The molecule has 1 aromatic heterocycles. The van der Waals surface area contributed by atoms with E-state index in [2.05, 4.69) is 60.4 Å². The molecule has 5 rings (SSSR count). The molecule has 2 atom stereocenters. The minimum atomic E-state index is 0.00333. The molecule has 0 spiro atoms. The van der Waals surface area contributed by atoms with Crippen molar-refractivity contribution in [2.24, 2.45) is 5.92 Å². The van der Waals surface area contributed by atoms with Gasteiger partial charge in [0.15, 0.2) is 5.76 Å². The Morgan fingerprint density at radius 2 is 1.80 bits per heavy atom. The van der Waals surface area contributed by atoms with E-state index in [0.29, 0.717) is 17.6 Å². The summed E-state index contributed by atoms with van der Waals surface area (Å²) in [4.78, 5) is 17.5. The van der Waals surface area contributed by atoms with E-state index in [-0.39, 0.29) is 5.91 Å². The summed E-state index contributed by atoms with van der Waals surface area (Å²) in [5.74, 6) is 1.20. The molecule has 0 bridgehead atoms. The minimum Gasteiger partial charge on any atom is -0.459 e. The maximum atomic E-state index is 13.0. The van der Waals surface area contributed by atoms with Gasteiger partial charge >= 0.3 is 0 Å². The SMILES string of the molecule is Cc1ccc(C2CN(C(=O)c3ccco3)CC2CN2CCc3ccccc3C2)cc1. The van der Waals surface area contributed by atoms with Gasteiger partial charge in [-0.1, -0.05) is 54.1 Å². The fraction of sp³-hybridized carbons (Fsp3) is 0.346. The van der Waals surface area contributed by atoms with Crippen molar-refractivity contribution in [3.05, 3.63) is 94.9 Å². The Bertz CT molecular complexity index is 1010. The molecule has 2 aromatic carbocycles. The van der Waals surface area contributed by atoms with Crippen LogP contribution in [0, 0.1) is 12.8 Å². The van der Waals surface area contributed by atoms with Gasteiger partial charge < -0.3 is 9.32 Å². The van der Waals surface area contributed by atoms with Gasteiger partial charge in [0.1, 0.15) is 0 Å². The van der Waals surface area contributed by atoms with Crippen molar-refractivity contribution in [2.45, 2.75) is 25.8 Å². The summed E-state index contributed by atoms with van der Waals surface area (Å²) in [6, 6.07) is 21.1. The first-order valence-corrected chi connectivity index (χ1v) is 10.9. The Morgan fingerprint density at radius 3 is 2.57 bits per heavy atom. The van der Waals surface area contributed by atoms with Gasteiger partial charge in [0.05, 0.1) is 6.26 Å². The molecule has 1 amide bonds. The number of benzene rings is 2. The number of likely N-dealkylation sites (tertiary alicyclic amines) is 1. The zero-order valence-electron chi connectivity index (χ0n) is 17.5. The van der Waals surface area contributed by atoms with Crippen molar-refractivity contribution in [3.8, 4) is 0 Å². The number of amides is 1. The maximum Gasteiger partial charge on any atom is 0.289 e. The predicted molar refractivity (Wildman–Crippen MR) is 117 cm³/mol. The van der Waals surface area contributed by atoms with Crippen LogP contribution < -0.4 is 0 Å². The summed E-state index contributed by atoms with van der Waals surface area (Å²) in [7, 11) is 0. The number of hydrogen-bond acceptors (Lipinski definition) is 3. The standard InChI is InChI=1S/C26H28N2O2/c1-19-8-10-21(11-9-19)24-18-28(26(29)25-7-4-14-30-25)17-23(24)16-27-13-12-20-5-2-3-6-22(20)15-27/h2-11,14,23-24H,12-13,15-18H2,1H3. The van der Waals surface area contributed by atoms with Crippen LogP contribution in [0.2, 0.25) is 0 Å². The molecular weight excluding hydrogens is 372 g/mol. The summed E-state index contributed by atoms with van der Waals surface area (Å²) in [5, 5.41) is 0. The molecule has 0 aliphatic carbocycles. The van der Waals surface area contributed by atoms with E-state index in [9.17, 15) is 4.79 Å². The number of carbonyl (C=O) groups is 1. The number of nitrogens with zero attached hydrogens (tertiary/aromatic N) is 2. The highest BCUT2D eigenvalue weighted by molar-refractivity contribution is 5.91. The number of aryl methyl sites for hydroxylation is 1. The van der Waals surface area contributed by atoms with Crippen molar-refractivity contribution in [1.29, 1.82) is 0 Å². The quantitative estimate of drug-likeness (QED) is 0.647. The van der Waals surface area contributed by atoms with Crippen molar-refractivity contribution < 1.29 is 9.21 Å². The van der Waals surface area contributed by atoms with Crippen molar-refractivity contribution >= 4 is 5.91 Å². The average molecular weight is 401 g/mol. The summed E-state index contributed by atoms with van der Waals surface area (Å²) in [6.45, 7) is 6.73. The van der Waals surface area contributed by atoms with E-state index in [4.69, 9.17) is 4.42 Å². The lowest BCUT2D eigenvalue weighted by Gasteiger charge is -2.32. The third-order valence-electron chi connectivity index (χ3n) is 6.67. The molecule has 3 heterocycles. The Hall–Kier alpha value is -2.85. The predicted octanol–water partition coefficient (Wildman–Crippen LogP) is 4.50. The number of furan rings is 1. The summed E-state index contributed by atoms with van der Waals surface area (Å²) < 4.78 is 5.39. The van der Waals surface area contributed by atoms with Crippen molar-refractivity contribution in [2.75, 3.05) is 26.2 Å². The molecular formula is C26H28N2O2. The van der Waals surface area contributed by atoms with Gasteiger partial charge in [0.25, 0.3) is 5.91 Å². The van der Waals surface area contributed by atoms with Crippen LogP contribution in [0.1, 0.15) is 38.7 Å². The van der Waals surface area contributed by atoms with E-state index >= 15 is 0 Å². The molecule has 0 radical (unpaired) electrons. The molecule has 1 saturated heterocycles. The highest BCUT2D eigenvalue weighted by atomic mass is 16.3. The maximum absolute atomic E-state index is 13.0. The Balaban J connectivity index is 1.36. The molecule has 2 aliphatic heterocycles. The smallest absolute Gasteiger partial charge is 0.289 e. The Morgan fingerprint density at radius 1 is 1.00 bits per heavy atom. The topological polar surface area (TPSA) is 36.7 Å². The summed E-state index contributed by atoms with van der Waals surface area (Å²) in [5.41, 5.74) is 5.52. The van der Waals surface area contributed by atoms with Crippen LogP contribution in [0.5, 0.6) is 0 Å². The monoisotopic (exact) mass is 400 g/mol. The molecule has 3 aromatic rings. The van der Waals surface area contributed by atoms with E-state index in [0.717, 1.165) is 39.1 Å². The minimum absolute atomic E-state index is 0.00333. The molecule has 1 fully saturated rings. The third-order valence-corrected chi connectivity index (χ3v) is 6.67. The first kappa shape index (κ1) is 19.1. The first-order chi connectivity index (χ1) is 14.7. The van der Waals surface area contributed by atoms with Crippen LogP contribution in [0.3, 0.4) is 0 Å². The van der Waals surface area contributed by atoms with Gasteiger partial charge in [-0.2, -0.15) is 0 Å². The zero-order chi connectivity index (χ0) is 20.5. The highest BCUT2D eigenvalue weighted by Crippen LogP contribution is 2.35. The van der Waals surface area contributed by atoms with Crippen LogP contribution in [0.25, 0.3) is 0 Å². The Kier molecular flexibility index (Phi) is 5.17. The molecule has 4 nitrogen and oxygen atoms in total. The van der Waals surface area contributed by atoms with Crippen LogP contribution in [-0.4, -0.2) is 41.9 Å². The van der Waals surface area contributed by atoms with Crippen LogP contribution in [-0.2, 0) is 13.0 Å². The molecule has 2 unspecified atom stereocenters. The van der Waals surface area contributed by atoms with Gasteiger partial charge in [-0.3, -0.25) is 9.69 Å². The molecule has 30 heavy (non-hydrogen) atoms. The van der Waals surface area contributed by atoms with Crippen molar-refractivity contribution in [1.82, 2.24) is 9.80 Å². The molecule has 0 N–H and O–H groups in total. The summed E-state index contributed by atoms with van der Waals surface area (Å²) >= 11 is 0. The second-order valence-electron chi connectivity index (χ2n) is 8.72. The number of fused-ring (bicyclic) bond motifs is 1. The molecule has 2 aliphatic rings. The van der Waals surface area contributed by atoms with Crippen LogP contribution >= 0.6 is 0 Å². The van der Waals surface area contributed by atoms with Gasteiger partial charge in [-0.25, -0.2) is 0 Å². The summed E-state index contributed by atoms with van der Waals surface area (Å²) in [6.07, 6.45) is 2.68. The molecule has 0 saturated carbocycles. The van der Waals surface area contributed by atoms with E-state index < -0.39 is 0 Å². The lowest BCUT2D eigenvalue weighted by Crippen LogP contribution is -2.37. The van der Waals surface area contributed by atoms with Gasteiger partial charge in [-0.15, -0.1) is 0 Å². The van der Waals surface area contributed by atoms with Gasteiger partial charge in [0, 0.05) is 38.6 Å². The fourth-order valence-corrected chi connectivity index (χ4v) is 5.01. The lowest BCUT2D eigenvalue weighted by molar-refractivity contribution is 0.0750. The van der Waals surface area contributed by atoms with Gasteiger partial charge in [0.2, 0.25) is 0 Å². The zero-order valence-corrected chi connectivity index (χ0v) is 17.5. The van der Waals surface area contributed by atoms with E-state index in [1.807, 2.05) is 4.90 Å². The van der Waals surface area contributed by atoms with Crippen LogP contribution in [0.15, 0.2) is 71.3 Å². The van der Waals surface area contributed by atoms with E-state index in [1.54, 1.807) is 18.4 Å². The second kappa shape index (κ2) is 8.11.